The van der Waals surface area contributed by atoms with Gasteiger partial charge in [-0.3, -0.25) is 0 Å². The van der Waals surface area contributed by atoms with E-state index < -0.39 is 0 Å². The fourth-order valence-corrected chi connectivity index (χ4v) is 3.71. The average Bonchev–Trinajstić information content (AvgIpc) is 2.75. The molecule has 2 aromatic heterocycles. The molecule has 29 heavy (non-hydrogen) atoms. The maximum atomic E-state index is 6.00. The molecule has 7 heteroatoms. The Morgan fingerprint density at radius 1 is 1.03 bits per heavy atom. The second kappa shape index (κ2) is 9.03. The summed E-state index contributed by atoms with van der Waals surface area (Å²) in [5.41, 5.74) is 1.79. The number of aromatic nitrogens is 4. The fourth-order valence-electron chi connectivity index (χ4n) is 3.71. The maximum Gasteiger partial charge on any atom is 0.224 e. The van der Waals surface area contributed by atoms with E-state index in [0.717, 1.165) is 60.5 Å². The molecular weight excluding hydrogens is 366 g/mol. The van der Waals surface area contributed by atoms with Crippen molar-refractivity contribution in [2.24, 2.45) is 5.92 Å². The molecule has 0 saturated carbocycles. The van der Waals surface area contributed by atoms with Gasteiger partial charge in [0, 0.05) is 19.2 Å². The number of piperidine rings is 1. The van der Waals surface area contributed by atoms with E-state index in [0.29, 0.717) is 25.0 Å². The van der Waals surface area contributed by atoms with E-state index >= 15 is 0 Å². The summed E-state index contributed by atoms with van der Waals surface area (Å²) in [4.78, 5) is 10.9. The van der Waals surface area contributed by atoms with Crippen LogP contribution >= 0.6 is 0 Å². The zero-order valence-electron chi connectivity index (χ0n) is 17.0. The minimum absolute atomic E-state index is 0.583. The predicted octanol–water partition coefficient (Wildman–Crippen LogP) is 3.81. The number of aryl methyl sites for hydroxylation is 1. The molecular formula is C22H27N5O2. The summed E-state index contributed by atoms with van der Waals surface area (Å²) in [6.45, 7) is 7.25. The second-order valence-electron chi connectivity index (χ2n) is 7.39. The van der Waals surface area contributed by atoms with Crippen molar-refractivity contribution in [2.45, 2.75) is 33.1 Å². The lowest BCUT2D eigenvalue weighted by Crippen LogP contribution is -2.34. The van der Waals surface area contributed by atoms with Gasteiger partial charge in [0.05, 0.1) is 29.8 Å². The SMILES string of the molecule is CCOc1ncnc2cc(OCCC3CCN(c4ccc(C)nn4)CC3)ccc12. The standard InChI is InChI=1S/C22H27N5O2/c1-3-28-22-19-6-5-18(14-20(19)23-15-24-22)29-13-10-17-8-11-27(12-9-17)21-7-4-16(2)25-26-21/h4-7,14-15,17H,3,8-13H2,1-2H3. The van der Waals surface area contributed by atoms with Gasteiger partial charge in [-0.15, -0.1) is 5.10 Å². The van der Waals surface area contributed by atoms with Crippen LogP contribution in [0.4, 0.5) is 5.82 Å². The maximum absolute atomic E-state index is 6.00. The van der Waals surface area contributed by atoms with Gasteiger partial charge in [-0.25, -0.2) is 9.97 Å². The predicted molar refractivity (Wildman–Crippen MR) is 113 cm³/mol. The van der Waals surface area contributed by atoms with Gasteiger partial charge >= 0.3 is 0 Å². The van der Waals surface area contributed by atoms with Crippen molar-refractivity contribution in [1.82, 2.24) is 20.2 Å². The minimum Gasteiger partial charge on any atom is -0.494 e. The first-order chi connectivity index (χ1) is 14.2. The average molecular weight is 393 g/mol. The topological polar surface area (TPSA) is 73.3 Å². The summed E-state index contributed by atoms with van der Waals surface area (Å²) in [5.74, 6) is 3.12. The van der Waals surface area contributed by atoms with Gasteiger partial charge in [-0.05, 0) is 63.3 Å². The Balaban J connectivity index is 1.27. The highest BCUT2D eigenvalue weighted by atomic mass is 16.5. The first-order valence-electron chi connectivity index (χ1n) is 10.3. The Labute approximate surface area is 171 Å². The van der Waals surface area contributed by atoms with Crippen molar-refractivity contribution in [2.75, 3.05) is 31.2 Å². The quantitative estimate of drug-likeness (QED) is 0.604. The number of ether oxygens (including phenoxy) is 2. The number of fused-ring (bicyclic) bond motifs is 1. The highest BCUT2D eigenvalue weighted by Crippen LogP contribution is 2.27. The van der Waals surface area contributed by atoms with Crippen molar-refractivity contribution < 1.29 is 9.47 Å². The molecule has 1 aliphatic rings. The normalized spacial score (nSPS) is 14.9. The van der Waals surface area contributed by atoms with E-state index in [1.807, 2.05) is 38.1 Å². The zero-order chi connectivity index (χ0) is 20.1. The summed E-state index contributed by atoms with van der Waals surface area (Å²) in [5, 5.41) is 9.38. The van der Waals surface area contributed by atoms with Crippen LogP contribution in [0.1, 0.15) is 31.9 Å². The third-order valence-corrected chi connectivity index (χ3v) is 5.37. The van der Waals surface area contributed by atoms with Gasteiger partial charge in [0.15, 0.2) is 5.82 Å². The van der Waals surface area contributed by atoms with Crippen molar-refractivity contribution >= 4 is 16.7 Å². The van der Waals surface area contributed by atoms with E-state index in [9.17, 15) is 0 Å². The lowest BCUT2D eigenvalue weighted by Gasteiger charge is -2.32. The van der Waals surface area contributed by atoms with E-state index in [2.05, 4.69) is 31.1 Å². The Morgan fingerprint density at radius 3 is 2.66 bits per heavy atom. The fraction of sp³-hybridized carbons (Fsp3) is 0.455. The van der Waals surface area contributed by atoms with Crippen LogP contribution in [-0.2, 0) is 0 Å². The molecule has 0 aliphatic carbocycles. The zero-order valence-corrected chi connectivity index (χ0v) is 17.0. The van der Waals surface area contributed by atoms with E-state index in [-0.39, 0.29) is 0 Å². The molecule has 0 N–H and O–H groups in total. The van der Waals surface area contributed by atoms with Crippen LogP contribution < -0.4 is 14.4 Å². The Morgan fingerprint density at radius 2 is 1.90 bits per heavy atom. The molecule has 0 bridgehead atoms. The summed E-state index contributed by atoms with van der Waals surface area (Å²) < 4.78 is 11.6. The molecule has 0 spiro atoms. The van der Waals surface area contributed by atoms with E-state index in [1.165, 1.54) is 6.33 Å². The minimum atomic E-state index is 0.583. The first-order valence-corrected chi connectivity index (χ1v) is 10.3. The third-order valence-electron chi connectivity index (χ3n) is 5.37. The molecule has 152 valence electrons. The third kappa shape index (κ3) is 4.72. The van der Waals surface area contributed by atoms with Gasteiger partial charge in [0.2, 0.25) is 5.88 Å². The molecule has 0 amide bonds. The molecule has 0 unspecified atom stereocenters. The number of rotatable bonds is 7. The van der Waals surface area contributed by atoms with Gasteiger partial charge in [0.25, 0.3) is 0 Å². The summed E-state index contributed by atoms with van der Waals surface area (Å²) >= 11 is 0. The molecule has 1 fully saturated rings. The highest BCUT2D eigenvalue weighted by molar-refractivity contribution is 5.84. The highest BCUT2D eigenvalue weighted by Gasteiger charge is 2.20. The number of hydrogen-bond acceptors (Lipinski definition) is 7. The molecule has 1 aromatic carbocycles. The molecule has 1 saturated heterocycles. The van der Waals surface area contributed by atoms with Crippen LogP contribution in [0.3, 0.4) is 0 Å². The molecule has 4 rings (SSSR count). The van der Waals surface area contributed by atoms with Gasteiger partial charge in [-0.2, -0.15) is 5.10 Å². The Bertz CT molecular complexity index is 940. The van der Waals surface area contributed by atoms with E-state index in [1.54, 1.807) is 0 Å². The lowest BCUT2D eigenvalue weighted by atomic mass is 9.94. The van der Waals surface area contributed by atoms with Gasteiger partial charge in [0.1, 0.15) is 12.1 Å². The summed E-state index contributed by atoms with van der Waals surface area (Å²) in [7, 11) is 0. The smallest absolute Gasteiger partial charge is 0.224 e. The van der Waals surface area contributed by atoms with Crippen LogP contribution in [-0.4, -0.2) is 46.5 Å². The van der Waals surface area contributed by atoms with Gasteiger partial charge < -0.3 is 14.4 Å². The molecule has 1 aliphatic heterocycles. The molecule has 0 radical (unpaired) electrons. The van der Waals surface area contributed by atoms with Crippen LogP contribution in [0, 0.1) is 12.8 Å². The number of nitrogens with zero attached hydrogens (tertiary/aromatic N) is 5. The van der Waals surface area contributed by atoms with Gasteiger partial charge in [-0.1, -0.05) is 0 Å². The van der Waals surface area contributed by atoms with Crippen LogP contribution in [0.25, 0.3) is 10.9 Å². The van der Waals surface area contributed by atoms with Crippen molar-refractivity contribution in [1.29, 1.82) is 0 Å². The molecule has 3 heterocycles. The Kier molecular flexibility index (Phi) is 6.03. The first kappa shape index (κ1) is 19.4. The molecule has 7 nitrogen and oxygen atoms in total. The number of hydrogen-bond donors (Lipinski definition) is 0. The van der Waals surface area contributed by atoms with Crippen LogP contribution in [0.15, 0.2) is 36.7 Å². The van der Waals surface area contributed by atoms with Crippen LogP contribution in [0.2, 0.25) is 0 Å². The largest absolute Gasteiger partial charge is 0.494 e. The van der Waals surface area contributed by atoms with Crippen molar-refractivity contribution in [3.8, 4) is 11.6 Å². The molecule has 3 aromatic rings. The van der Waals surface area contributed by atoms with Crippen LogP contribution in [0.5, 0.6) is 11.6 Å². The lowest BCUT2D eigenvalue weighted by molar-refractivity contribution is 0.258. The Hall–Kier alpha value is -2.96. The summed E-state index contributed by atoms with van der Waals surface area (Å²) in [6.07, 6.45) is 4.89. The van der Waals surface area contributed by atoms with Crippen molar-refractivity contribution in [3.05, 3.63) is 42.4 Å². The van der Waals surface area contributed by atoms with Crippen molar-refractivity contribution in [3.63, 3.8) is 0 Å². The molecule has 0 atom stereocenters. The monoisotopic (exact) mass is 393 g/mol. The number of anilines is 1. The number of benzene rings is 1. The van der Waals surface area contributed by atoms with E-state index in [4.69, 9.17) is 9.47 Å². The second-order valence-corrected chi connectivity index (χ2v) is 7.39. The summed E-state index contributed by atoms with van der Waals surface area (Å²) in [6, 6.07) is 9.97.